The molecular formula is C29H27BrCl2N2O5. The molecule has 3 aliphatic rings. The molecule has 0 saturated carbocycles. The maximum absolute atomic E-state index is 13.3. The second-order valence-electron chi connectivity index (χ2n) is 9.77. The van der Waals surface area contributed by atoms with Crippen molar-refractivity contribution in [2.24, 2.45) is 0 Å². The van der Waals surface area contributed by atoms with Crippen LogP contribution in [0.5, 0.6) is 11.5 Å². The van der Waals surface area contributed by atoms with Crippen LogP contribution in [0.4, 0.5) is 5.69 Å². The van der Waals surface area contributed by atoms with Crippen molar-refractivity contribution >= 4 is 62.3 Å². The van der Waals surface area contributed by atoms with E-state index in [0.29, 0.717) is 55.7 Å². The quantitative estimate of drug-likeness (QED) is 0.376. The number of allylic oxidation sites excluding steroid dienone is 4. The molecule has 1 heterocycles. The van der Waals surface area contributed by atoms with Crippen molar-refractivity contribution in [1.82, 2.24) is 4.90 Å². The third-order valence-corrected chi connectivity index (χ3v) is 8.71. The first-order valence-electron chi connectivity index (χ1n) is 12.7. The van der Waals surface area contributed by atoms with E-state index in [1.807, 2.05) is 13.1 Å². The summed E-state index contributed by atoms with van der Waals surface area (Å²) in [6, 6.07) is 8.44. The van der Waals surface area contributed by atoms with E-state index in [4.69, 9.17) is 32.7 Å². The van der Waals surface area contributed by atoms with Gasteiger partial charge in [0.05, 0.1) is 21.6 Å². The molecule has 0 saturated heterocycles. The van der Waals surface area contributed by atoms with Gasteiger partial charge in [-0.3, -0.25) is 14.4 Å². The van der Waals surface area contributed by atoms with Gasteiger partial charge in [-0.1, -0.05) is 23.2 Å². The first-order chi connectivity index (χ1) is 18.7. The molecule has 1 amide bonds. The van der Waals surface area contributed by atoms with Crippen molar-refractivity contribution < 1.29 is 23.9 Å². The molecule has 0 radical (unpaired) electrons. The zero-order valence-corrected chi connectivity index (χ0v) is 24.6. The van der Waals surface area contributed by atoms with Gasteiger partial charge in [-0.05, 0) is 77.5 Å². The minimum Gasteiger partial charge on any atom is -0.493 e. The largest absolute Gasteiger partial charge is 0.493 e. The molecule has 10 heteroatoms. The molecule has 39 heavy (non-hydrogen) atoms. The lowest BCUT2D eigenvalue weighted by Gasteiger charge is -2.42. The number of carbonyl (C=O) groups is 3. The van der Waals surface area contributed by atoms with Gasteiger partial charge in [0, 0.05) is 54.0 Å². The lowest BCUT2D eigenvalue weighted by Crippen LogP contribution is -2.37. The van der Waals surface area contributed by atoms with Crippen LogP contribution < -0.4 is 14.8 Å². The highest BCUT2D eigenvalue weighted by molar-refractivity contribution is 9.10. The van der Waals surface area contributed by atoms with Crippen molar-refractivity contribution in [2.45, 2.75) is 44.4 Å². The molecule has 5 rings (SSSR count). The average molecular weight is 634 g/mol. The van der Waals surface area contributed by atoms with Crippen LogP contribution in [0.3, 0.4) is 0 Å². The number of carbonyl (C=O) groups excluding carboxylic acids is 3. The third-order valence-electron chi connectivity index (χ3n) is 7.38. The molecule has 0 bridgehead atoms. The first-order valence-corrected chi connectivity index (χ1v) is 14.3. The predicted molar refractivity (Wildman–Crippen MR) is 154 cm³/mol. The van der Waals surface area contributed by atoms with E-state index >= 15 is 0 Å². The van der Waals surface area contributed by atoms with Gasteiger partial charge in [0.1, 0.15) is 0 Å². The summed E-state index contributed by atoms with van der Waals surface area (Å²) in [5.74, 6) is 0.0130. The molecule has 0 fully saturated rings. The second kappa shape index (κ2) is 11.4. The molecule has 0 spiro atoms. The Balaban J connectivity index is 1.46. The summed E-state index contributed by atoms with van der Waals surface area (Å²) >= 11 is 15.6. The van der Waals surface area contributed by atoms with Gasteiger partial charge >= 0.3 is 0 Å². The molecule has 2 aromatic carbocycles. The number of rotatable bonds is 6. The summed E-state index contributed by atoms with van der Waals surface area (Å²) in [7, 11) is 3.48. The summed E-state index contributed by atoms with van der Waals surface area (Å²) in [6.45, 7) is -0.287. The maximum Gasteiger partial charge on any atom is 0.262 e. The highest BCUT2D eigenvalue weighted by Gasteiger charge is 2.42. The normalized spacial score (nSPS) is 17.7. The Morgan fingerprint density at radius 2 is 1.64 bits per heavy atom. The topological polar surface area (TPSA) is 84.9 Å². The van der Waals surface area contributed by atoms with Crippen LogP contribution >= 0.6 is 39.1 Å². The summed E-state index contributed by atoms with van der Waals surface area (Å²) in [5, 5.41) is 3.44. The highest BCUT2D eigenvalue weighted by Crippen LogP contribution is 2.50. The molecule has 0 unspecified atom stereocenters. The Hall–Kier alpha value is -2.81. The van der Waals surface area contributed by atoms with Crippen molar-refractivity contribution in [2.75, 3.05) is 26.1 Å². The smallest absolute Gasteiger partial charge is 0.262 e. The van der Waals surface area contributed by atoms with Gasteiger partial charge < -0.3 is 19.7 Å². The minimum absolute atomic E-state index is 0.0763. The zero-order valence-electron chi connectivity index (χ0n) is 21.5. The Labute approximate surface area is 245 Å². The van der Waals surface area contributed by atoms with Crippen molar-refractivity contribution in [3.05, 3.63) is 73.0 Å². The van der Waals surface area contributed by atoms with E-state index < -0.39 is 11.8 Å². The zero-order chi connectivity index (χ0) is 27.8. The number of halogens is 3. The number of methoxy groups -OCH3 is 1. The van der Waals surface area contributed by atoms with Crippen molar-refractivity contribution in [3.63, 3.8) is 0 Å². The number of amides is 1. The van der Waals surface area contributed by atoms with Crippen LogP contribution in [0.1, 0.15) is 50.0 Å². The van der Waals surface area contributed by atoms with Crippen molar-refractivity contribution in [1.29, 1.82) is 0 Å². The number of anilines is 1. The van der Waals surface area contributed by atoms with E-state index in [1.165, 1.54) is 7.11 Å². The Kier molecular flexibility index (Phi) is 8.08. The van der Waals surface area contributed by atoms with Crippen LogP contribution in [-0.2, 0) is 14.4 Å². The van der Waals surface area contributed by atoms with Crippen LogP contribution in [0.25, 0.3) is 0 Å². The van der Waals surface area contributed by atoms with Gasteiger partial charge in [-0.15, -0.1) is 0 Å². The van der Waals surface area contributed by atoms with E-state index in [2.05, 4.69) is 26.1 Å². The molecule has 0 aromatic heterocycles. The maximum atomic E-state index is 13.3. The van der Waals surface area contributed by atoms with Crippen molar-refractivity contribution in [3.8, 4) is 11.5 Å². The predicted octanol–water partition coefficient (Wildman–Crippen LogP) is 6.83. The van der Waals surface area contributed by atoms with Crippen LogP contribution in [0.15, 0.2) is 57.3 Å². The molecular weight excluding hydrogens is 607 g/mol. The third kappa shape index (κ3) is 5.34. The highest BCUT2D eigenvalue weighted by atomic mass is 79.9. The average Bonchev–Trinajstić information content (AvgIpc) is 2.91. The van der Waals surface area contributed by atoms with Gasteiger partial charge in [-0.25, -0.2) is 0 Å². The number of Topliss-reactive ketones (excluding diaryl/α,β-unsaturated/α-hetero) is 2. The molecule has 204 valence electrons. The summed E-state index contributed by atoms with van der Waals surface area (Å²) in [5.41, 5.74) is 4.65. The number of hydrogen-bond donors (Lipinski definition) is 1. The summed E-state index contributed by atoms with van der Waals surface area (Å²) < 4.78 is 12.1. The monoisotopic (exact) mass is 632 g/mol. The molecule has 7 nitrogen and oxygen atoms in total. The van der Waals surface area contributed by atoms with Gasteiger partial charge in [0.2, 0.25) is 0 Å². The van der Waals surface area contributed by atoms with E-state index in [1.54, 1.807) is 24.3 Å². The number of nitrogens with zero attached hydrogens (tertiary/aromatic N) is 1. The molecule has 0 atom stereocenters. The SMILES string of the molecule is COc1cc(C2C3=C(CCCC3=O)N(C)C3=C2C(=O)CCC3)cc(Br)c1OCC(=O)Nc1ccc(Cl)c(Cl)c1. The molecule has 1 aliphatic heterocycles. The standard InChI is InChI=1S/C29H27BrCl2N2O5/c1-34-20-5-3-7-22(35)27(20)26(28-21(34)6-4-8-23(28)36)15-11-17(30)29(24(12-15)38-2)39-14-25(37)33-16-9-10-18(31)19(32)13-16/h9-13,26H,3-8,14H2,1-2H3,(H,33,37). The Bertz CT molecular complexity index is 1410. The second-order valence-corrected chi connectivity index (χ2v) is 11.4. The molecule has 1 N–H and O–H groups in total. The minimum atomic E-state index is -0.469. The van der Waals surface area contributed by atoms with Crippen LogP contribution in [0, 0.1) is 0 Å². The summed E-state index contributed by atoms with van der Waals surface area (Å²) in [6.07, 6.45) is 4.13. The number of nitrogens with one attached hydrogen (secondary N) is 1. The van der Waals surface area contributed by atoms with Gasteiger partial charge in [0.15, 0.2) is 29.7 Å². The summed E-state index contributed by atoms with van der Waals surface area (Å²) in [4.78, 5) is 41.2. The Morgan fingerprint density at radius 3 is 2.23 bits per heavy atom. The number of ether oxygens (including phenoxy) is 2. The van der Waals surface area contributed by atoms with Crippen LogP contribution in [0.2, 0.25) is 10.0 Å². The fourth-order valence-electron chi connectivity index (χ4n) is 5.64. The van der Waals surface area contributed by atoms with Crippen LogP contribution in [-0.4, -0.2) is 43.1 Å². The molecule has 2 aliphatic carbocycles. The lowest BCUT2D eigenvalue weighted by atomic mass is 9.71. The number of ketones is 2. The number of hydrogen-bond acceptors (Lipinski definition) is 6. The fourth-order valence-corrected chi connectivity index (χ4v) is 6.51. The fraction of sp³-hybridized carbons (Fsp3) is 0.345. The van der Waals surface area contributed by atoms with E-state index in [9.17, 15) is 14.4 Å². The van der Waals surface area contributed by atoms with Gasteiger partial charge in [0.25, 0.3) is 5.91 Å². The van der Waals surface area contributed by atoms with E-state index in [-0.39, 0.29) is 18.2 Å². The Morgan fingerprint density at radius 1 is 1.00 bits per heavy atom. The van der Waals surface area contributed by atoms with E-state index in [0.717, 1.165) is 42.6 Å². The van der Waals surface area contributed by atoms with Gasteiger partial charge in [-0.2, -0.15) is 0 Å². The first kappa shape index (κ1) is 27.7. The molecule has 2 aromatic rings. The number of benzene rings is 2. The lowest BCUT2D eigenvalue weighted by molar-refractivity contribution is -0.118.